The first-order valence-corrected chi connectivity index (χ1v) is 10.8. The summed E-state index contributed by atoms with van der Waals surface area (Å²) < 4.78 is 47.5. The van der Waals surface area contributed by atoms with Crippen LogP contribution in [-0.4, -0.2) is 61.3 Å². The minimum Gasteiger partial charge on any atom is -0.394 e. The number of aliphatic hydroxyl groups excluding tert-OH is 2. The number of rotatable bonds is 7. The van der Waals surface area contributed by atoms with Gasteiger partial charge in [-0.1, -0.05) is 38.1 Å². The Balaban J connectivity index is 0.00000187. The summed E-state index contributed by atoms with van der Waals surface area (Å²) in [4.78, 5) is 0. The third-order valence-electron chi connectivity index (χ3n) is 5.65. The second kappa shape index (κ2) is 11.5. The van der Waals surface area contributed by atoms with Crippen LogP contribution in [-0.2, 0) is 4.74 Å². The van der Waals surface area contributed by atoms with E-state index in [2.05, 4.69) is 15.5 Å². The number of aromatic nitrogens is 3. The van der Waals surface area contributed by atoms with E-state index in [0.717, 1.165) is 12.1 Å². The van der Waals surface area contributed by atoms with Crippen LogP contribution in [0.4, 0.5) is 13.2 Å². The largest absolute Gasteiger partial charge is 0.394 e. The van der Waals surface area contributed by atoms with Gasteiger partial charge in [0.15, 0.2) is 17.5 Å². The van der Waals surface area contributed by atoms with Gasteiger partial charge < -0.3 is 14.9 Å². The van der Waals surface area contributed by atoms with Crippen molar-refractivity contribution < 1.29 is 28.1 Å². The molecule has 1 saturated heterocycles. The third-order valence-corrected chi connectivity index (χ3v) is 5.65. The highest BCUT2D eigenvalue weighted by Crippen LogP contribution is 2.33. The summed E-state index contributed by atoms with van der Waals surface area (Å²) in [6.45, 7) is 9.33. The molecule has 33 heavy (non-hydrogen) atoms. The summed E-state index contributed by atoms with van der Waals surface area (Å²) in [6.07, 6.45) is -1.34. The van der Waals surface area contributed by atoms with Gasteiger partial charge in [-0.15, -0.1) is 5.10 Å². The molecule has 1 aromatic heterocycles. The highest BCUT2D eigenvalue weighted by molar-refractivity contribution is 5.57. The van der Waals surface area contributed by atoms with Gasteiger partial charge in [-0.05, 0) is 25.0 Å². The maximum absolute atomic E-state index is 13.6. The van der Waals surface area contributed by atoms with Gasteiger partial charge >= 0.3 is 0 Å². The fourth-order valence-electron chi connectivity index (χ4n) is 3.52. The van der Waals surface area contributed by atoms with Gasteiger partial charge in [-0.25, -0.2) is 22.9 Å². The molecular weight excluding hydrogens is 441 g/mol. The lowest BCUT2D eigenvalue weighted by Crippen LogP contribution is -2.54. The summed E-state index contributed by atoms with van der Waals surface area (Å²) in [7, 11) is 0. The van der Waals surface area contributed by atoms with Crippen molar-refractivity contribution >= 4 is 0 Å². The quantitative estimate of drug-likeness (QED) is 0.321. The average molecular weight is 473 g/mol. The number of hydrogen-bond donors (Lipinski definition) is 3. The van der Waals surface area contributed by atoms with E-state index in [9.17, 15) is 23.4 Å². The Morgan fingerprint density at radius 3 is 2.36 bits per heavy atom. The van der Waals surface area contributed by atoms with E-state index in [1.165, 1.54) is 15.9 Å². The minimum atomic E-state index is -1.58. The number of aliphatic hydroxyl groups is 2. The Morgan fingerprint density at radius 1 is 1.24 bits per heavy atom. The zero-order chi connectivity index (χ0) is 24.9. The molecule has 0 bridgehead atoms. The number of nitrogens with one attached hydrogen (secondary N) is 1. The lowest BCUT2D eigenvalue weighted by Gasteiger charge is -2.43. The summed E-state index contributed by atoms with van der Waals surface area (Å²) in [6, 6.07) is 0.722. The number of benzene rings is 1. The Morgan fingerprint density at radius 2 is 1.85 bits per heavy atom. The molecule has 1 aliphatic rings. The maximum atomic E-state index is 13.6. The number of halogens is 3. The van der Waals surface area contributed by atoms with Crippen LogP contribution in [0.25, 0.3) is 11.3 Å². The zero-order valence-corrected chi connectivity index (χ0v) is 19.3. The molecule has 5 unspecified atom stereocenters. The topological polar surface area (TPSA) is 120 Å². The third kappa shape index (κ3) is 5.68. The van der Waals surface area contributed by atoms with Gasteiger partial charge in [-0.3, -0.25) is 0 Å². The van der Waals surface area contributed by atoms with Crippen molar-refractivity contribution in [3.63, 3.8) is 0 Å². The van der Waals surface area contributed by atoms with Crippen molar-refractivity contribution in [2.24, 2.45) is 11.1 Å². The highest BCUT2D eigenvalue weighted by atomic mass is 19.2. The van der Waals surface area contributed by atoms with Crippen LogP contribution in [0.2, 0.25) is 0 Å². The van der Waals surface area contributed by atoms with E-state index >= 15 is 0 Å². The van der Waals surface area contributed by atoms with Crippen LogP contribution in [0.15, 0.2) is 23.6 Å². The SMILES string of the molecule is CC.CC(C)C(C)N(N=N)C1CC(n2cc(-c3cc(F)c(F)c(F)c3)nn2)C(O)C(CO)O1. The monoisotopic (exact) mass is 472 g/mol. The van der Waals surface area contributed by atoms with E-state index < -0.39 is 48.5 Å². The number of nitrogens with zero attached hydrogens (tertiary/aromatic N) is 5. The van der Waals surface area contributed by atoms with Crippen LogP contribution in [0.1, 0.15) is 47.1 Å². The smallest absolute Gasteiger partial charge is 0.194 e. The van der Waals surface area contributed by atoms with Crippen molar-refractivity contribution in [2.75, 3.05) is 6.61 Å². The standard InChI is InChI=1S/C19H25F3N6O3.C2H6/c1-9(2)10(3)28(25-23)17-6-15(19(30)16(8-29)31-17)27-7-14(24-26-27)11-4-12(20)18(22)13(21)5-11;1-2/h4-5,7,9-10,15-17,19,23,29-30H,6,8H2,1-3H3;1-2H3. The molecule has 12 heteroatoms. The molecule has 184 valence electrons. The van der Waals surface area contributed by atoms with Crippen molar-refractivity contribution in [1.29, 1.82) is 5.53 Å². The Hall–Kier alpha value is -2.57. The molecule has 1 aliphatic heterocycles. The van der Waals surface area contributed by atoms with Crippen molar-refractivity contribution in [1.82, 2.24) is 20.0 Å². The van der Waals surface area contributed by atoms with Crippen LogP contribution in [0.3, 0.4) is 0 Å². The average Bonchev–Trinajstić information content (AvgIpc) is 3.29. The molecule has 0 saturated carbocycles. The van der Waals surface area contributed by atoms with Gasteiger partial charge in [0.1, 0.15) is 24.1 Å². The molecule has 2 heterocycles. The molecule has 0 radical (unpaired) electrons. The molecule has 3 N–H and O–H groups in total. The van der Waals surface area contributed by atoms with Gasteiger partial charge in [-0.2, -0.15) is 5.53 Å². The van der Waals surface area contributed by atoms with Crippen molar-refractivity contribution in [3.8, 4) is 11.3 Å². The molecule has 3 rings (SSSR count). The summed E-state index contributed by atoms with van der Waals surface area (Å²) in [5.41, 5.74) is 7.60. The molecule has 9 nitrogen and oxygen atoms in total. The van der Waals surface area contributed by atoms with Gasteiger partial charge in [0.25, 0.3) is 0 Å². The molecule has 2 aromatic rings. The predicted octanol–water partition coefficient (Wildman–Crippen LogP) is 3.69. The van der Waals surface area contributed by atoms with Crippen LogP contribution < -0.4 is 0 Å². The highest BCUT2D eigenvalue weighted by Gasteiger charge is 2.42. The number of hydrogen-bond acceptors (Lipinski definition) is 7. The Bertz CT molecular complexity index is 905. The molecule has 5 atom stereocenters. The normalized spacial score (nSPS) is 23.6. The summed E-state index contributed by atoms with van der Waals surface area (Å²) in [5, 5.41) is 33.2. The van der Waals surface area contributed by atoms with Crippen molar-refractivity contribution in [2.45, 2.75) is 71.6 Å². The van der Waals surface area contributed by atoms with E-state index in [-0.39, 0.29) is 29.6 Å². The predicted molar refractivity (Wildman–Crippen MR) is 113 cm³/mol. The van der Waals surface area contributed by atoms with Gasteiger partial charge in [0.2, 0.25) is 0 Å². The minimum absolute atomic E-state index is 0.0179. The Kier molecular flexibility index (Phi) is 9.32. The van der Waals surface area contributed by atoms with Crippen molar-refractivity contribution in [3.05, 3.63) is 35.8 Å². The summed E-state index contributed by atoms with van der Waals surface area (Å²) >= 11 is 0. The second-order valence-electron chi connectivity index (χ2n) is 7.91. The van der Waals surface area contributed by atoms with E-state index in [1.54, 1.807) is 0 Å². The second-order valence-corrected chi connectivity index (χ2v) is 7.91. The molecule has 1 aromatic carbocycles. The molecule has 0 aliphatic carbocycles. The van der Waals surface area contributed by atoms with Crippen LogP contribution in [0.5, 0.6) is 0 Å². The van der Waals surface area contributed by atoms with Gasteiger partial charge in [0.05, 0.1) is 24.9 Å². The van der Waals surface area contributed by atoms with Crippen LogP contribution >= 0.6 is 0 Å². The molecule has 1 fully saturated rings. The van der Waals surface area contributed by atoms with E-state index in [1.807, 2.05) is 34.6 Å². The number of ether oxygens (including phenoxy) is 1. The molecule has 0 amide bonds. The molecule has 0 spiro atoms. The van der Waals surface area contributed by atoms with Crippen LogP contribution in [0, 0.1) is 28.9 Å². The van der Waals surface area contributed by atoms with E-state index in [4.69, 9.17) is 10.3 Å². The summed E-state index contributed by atoms with van der Waals surface area (Å²) in [5.74, 6) is -4.14. The fraction of sp³-hybridized carbons (Fsp3) is 0.619. The maximum Gasteiger partial charge on any atom is 0.194 e. The lowest BCUT2D eigenvalue weighted by molar-refractivity contribution is -0.211. The zero-order valence-electron chi connectivity index (χ0n) is 19.3. The van der Waals surface area contributed by atoms with E-state index in [0.29, 0.717) is 0 Å². The first-order chi connectivity index (χ1) is 15.7. The first-order valence-electron chi connectivity index (χ1n) is 10.8. The first kappa shape index (κ1) is 26.7. The Labute approximate surface area is 190 Å². The van der Waals surface area contributed by atoms with Gasteiger partial charge in [0, 0.05) is 12.0 Å². The fourth-order valence-corrected chi connectivity index (χ4v) is 3.52. The molecular formula is C21H31F3N6O3. The lowest BCUT2D eigenvalue weighted by atomic mass is 9.96.